The van der Waals surface area contributed by atoms with Crippen LogP contribution in [0.15, 0.2) is 36.5 Å². The minimum atomic E-state index is -0.548. The molecule has 0 spiro atoms. The molecule has 7 heteroatoms. The zero-order valence-corrected chi connectivity index (χ0v) is 14.3. The molecule has 25 heavy (non-hydrogen) atoms. The molecule has 0 radical (unpaired) electrons. The zero-order valence-electron chi connectivity index (χ0n) is 14.3. The number of aliphatic hydroxyl groups excluding tert-OH is 1. The summed E-state index contributed by atoms with van der Waals surface area (Å²) < 4.78 is 1.64. The van der Waals surface area contributed by atoms with Crippen molar-refractivity contribution in [1.82, 2.24) is 25.3 Å². The van der Waals surface area contributed by atoms with Gasteiger partial charge in [0.15, 0.2) is 5.69 Å². The number of nitrogens with zero attached hydrogens (tertiary/aromatic N) is 4. The summed E-state index contributed by atoms with van der Waals surface area (Å²) in [5.41, 5.74) is 2.56. The summed E-state index contributed by atoms with van der Waals surface area (Å²) >= 11 is 0. The molecule has 1 aromatic carbocycles. The maximum Gasteiger partial charge on any atom is 0.273 e. The summed E-state index contributed by atoms with van der Waals surface area (Å²) in [6.45, 7) is 3.99. The van der Waals surface area contributed by atoms with Crippen LogP contribution in [0.1, 0.15) is 35.9 Å². The molecule has 0 aliphatic heterocycles. The van der Waals surface area contributed by atoms with Crippen molar-refractivity contribution >= 4 is 16.8 Å². The largest absolute Gasteiger partial charge is 0.391 e. The van der Waals surface area contributed by atoms with Gasteiger partial charge in [-0.2, -0.15) is 0 Å². The van der Waals surface area contributed by atoms with Gasteiger partial charge in [-0.05, 0) is 37.6 Å². The Morgan fingerprint density at radius 1 is 1.32 bits per heavy atom. The Bertz CT molecular complexity index is 885. The third-order valence-electron chi connectivity index (χ3n) is 4.08. The molecule has 130 valence electrons. The highest BCUT2D eigenvalue weighted by molar-refractivity contribution is 5.94. The number of hydrogen-bond acceptors (Lipinski definition) is 5. The van der Waals surface area contributed by atoms with Gasteiger partial charge < -0.3 is 10.4 Å². The van der Waals surface area contributed by atoms with E-state index in [9.17, 15) is 9.90 Å². The Morgan fingerprint density at radius 2 is 2.16 bits per heavy atom. The molecule has 2 N–H and O–H groups in total. The van der Waals surface area contributed by atoms with Gasteiger partial charge in [0.05, 0.1) is 23.0 Å². The lowest BCUT2D eigenvalue weighted by molar-refractivity contribution is 0.0904. The van der Waals surface area contributed by atoms with E-state index in [0.29, 0.717) is 12.1 Å². The molecular weight excluding hydrogens is 318 g/mol. The predicted molar refractivity (Wildman–Crippen MR) is 94.6 cm³/mol. The van der Waals surface area contributed by atoms with Crippen molar-refractivity contribution in [3.05, 3.63) is 47.9 Å². The molecule has 0 aliphatic carbocycles. The van der Waals surface area contributed by atoms with Gasteiger partial charge in [-0.15, -0.1) is 5.10 Å². The second kappa shape index (κ2) is 7.40. The van der Waals surface area contributed by atoms with E-state index in [0.717, 1.165) is 23.0 Å². The van der Waals surface area contributed by atoms with Crippen LogP contribution in [-0.2, 0) is 0 Å². The van der Waals surface area contributed by atoms with Crippen molar-refractivity contribution in [2.45, 2.75) is 32.8 Å². The molecule has 0 saturated heterocycles. The number of nitrogens with one attached hydrogen (secondary N) is 1. The molecule has 0 aliphatic rings. The lowest BCUT2D eigenvalue weighted by Crippen LogP contribution is -2.32. The maximum atomic E-state index is 12.3. The van der Waals surface area contributed by atoms with Gasteiger partial charge in [-0.25, -0.2) is 4.68 Å². The molecular formula is C18H21N5O2. The smallest absolute Gasteiger partial charge is 0.273 e. The number of benzene rings is 1. The fourth-order valence-corrected chi connectivity index (χ4v) is 2.77. The Labute approximate surface area is 145 Å². The van der Waals surface area contributed by atoms with Crippen LogP contribution >= 0.6 is 0 Å². The third-order valence-corrected chi connectivity index (χ3v) is 4.08. The average molecular weight is 339 g/mol. The molecule has 7 nitrogen and oxygen atoms in total. The second-order valence-electron chi connectivity index (χ2n) is 5.94. The fourth-order valence-electron chi connectivity index (χ4n) is 2.77. The summed E-state index contributed by atoms with van der Waals surface area (Å²) in [6, 6.07) is 9.55. The zero-order chi connectivity index (χ0) is 17.8. The molecule has 2 aromatic heterocycles. The summed E-state index contributed by atoms with van der Waals surface area (Å²) in [7, 11) is 0. The molecule has 3 rings (SSSR count). The second-order valence-corrected chi connectivity index (χ2v) is 5.94. The van der Waals surface area contributed by atoms with Gasteiger partial charge in [0.2, 0.25) is 0 Å². The molecule has 3 aromatic rings. The van der Waals surface area contributed by atoms with Gasteiger partial charge in [0, 0.05) is 18.1 Å². The fraction of sp³-hybridized carbons (Fsp3) is 0.333. The van der Waals surface area contributed by atoms with Crippen LogP contribution in [0, 0.1) is 6.92 Å². The van der Waals surface area contributed by atoms with Crippen LogP contribution in [0.25, 0.3) is 16.6 Å². The molecule has 0 fully saturated rings. The number of pyridine rings is 1. The number of rotatable bonds is 6. The van der Waals surface area contributed by atoms with Gasteiger partial charge in [-0.1, -0.05) is 24.6 Å². The molecule has 2 heterocycles. The van der Waals surface area contributed by atoms with E-state index in [1.165, 1.54) is 0 Å². The van der Waals surface area contributed by atoms with Gasteiger partial charge in [0.1, 0.15) is 0 Å². The van der Waals surface area contributed by atoms with E-state index in [1.807, 2.05) is 37.3 Å². The van der Waals surface area contributed by atoms with Crippen LogP contribution in [0.3, 0.4) is 0 Å². The first-order valence-corrected chi connectivity index (χ1v) is 8.34. The van der Waals surface area contributed by atoms with Crippen LogP contribution in [-0.4, -0.2) is 43.6 Å². The van der Waals surface area contributed by atoms with Crippen LogP contribution in [0.5, 0.6) is 0 Å². The van der Waals surface area contributed by atoms with E-state index >= 15 is 0 Å². The summed E-state index contributed by atoms with van der Waals surface area (Å²) in [5.74, 6) is -0.336. The number of carbonyl (C=O) groups is 1. The Balaban J connectivity index is 1.87. The van der Waals surface area contributed by atoms with Crippen molar-refractivity contribution < 1.29 is 9.90 Å². The maximum absolute atomic E-state index is 12.3. The molecule has 1 amide bonds. The Kier molecular flexibility index (Phi) is 5.04. The van der Waals surface area contributed by atoms with E-state index in [2.05, 4.69) is 20.6 Å². The number of aromatic nitrogens is 4. The minimum absolute atomic E-state index is 0.206. The highest BCUT2D eigenvalue weighted by Crippen LogP contribution is 2.21. The number of fused-ring (bicyclic) bond motifs is 1. The number of aliphatic hydroxyl groups is 1. The van der Waals surface area contributed by atoms with E-state index in [1.54, 1.807) is 17.8 Å². The molecule has 0 saturated carbocycles. The predicted octanol–water partition coefficient (Wildman–Crippen LogP) is 2.01. The van der Waals surface area contributed by atoms with Crippen molar-refractivity contribution in [3.8, 4) is 5.69 Å². The number of carbonyl (C=O) groups excluding carboxylic acids is 1. The molecule has 0 bridgehead atoms. The van der Waals surface area contributed by atoms with Gasteiger partial charge >= 0.3 is 0 Å². The highest BCUT2D eigenvalue weighted by atomic mass is 16.3. The quantitative estimate of drug-likeness (QED) is 0.717. The summed E-state index contributed by atoms with van der Waals surface area (Å²) in [5, 5.41) is 21.6. The van der Waals surface area contributed by atoms with Crippen LogP contribution in [0.4, 0.5) is 0 Å². The lowest BCUT2D eigenvalue weighted by Gasteiger charge is -2.10. The summed E-state index contributed by atoms with van der Waals surface area (Å²) in [6.07, 6.45) is 2.70. The molecule has 1 unspecified atom stereocenters. The van der Waals surface area contributed by atoms with E-state index in [-0.39, 0.29) is 18.1 Å². The van der Waals surface area contributed by atoms with Crippen molar-refractivity contribution in [2.75, 3.05) is 6.54 Å². The summed E-state index contributed by atoms with van der Waals surface area (Å²) in [4.78, 5) is 16.7. The van der Waals surface area contributed by atoms with Crippen LogP contribution in [0.2, 0.25) is 0 Å². The first-order valence-electron chi connectivity index (χ1n) is 8.34. The highest BCUT2D eigenvalue weighted by Gasteiger charge is 2.19. The Hall–Kier alpha value is -2.80. The third kappa shape index (κ3) is 3.51. The molecule has 1 atom stereocenters. The lowest BCUT2D eigenvalue weighted by atomic mass is 10.1. The van der Waals surface area contributed by atoms with Crippen molar-refractivity contribution in [1.29, 1.82) is 0 Å². The van der Waals surface area contributed by atoms with Crippen molar-refractivity contribution in [3.63, 3.8) is 0 Å². The first-order chi connectivity index (χ1) is 12.1. The Morgan fingerprint density at radius 3 is 2.96 bits per heavy atom. The normalized spacial score (nSPS) is 12.3. The SMILES string of the molecule is CCCC(O)CNC(=O)c1nnn(-c2cccc3ncccc23)c1C. The van der Waals surface area contributed by atoms with Crippen LogP contribution < -0.4 is 5.32 Å². The van der Waals surface area contributed by atoms with Gasteiger partial charge in [0.25, 0.3) is 5.91 Å². The number of hydrogen-bond donors (Lipinski definition) is 2. The topological polar surface area (TPSA) is 92.9 Å². The van der Waals surface area contributed by atoms with E-state index < -0.39 is 6.10 Å². The van der Waals surface area contributed by atoms with Crippen molar-refractivity contribution in [2.24, 2.45) is 0 Å². The first kappa shape index (κ1) is 17.0. The standard InChI is InChI=1S/C18H21N5O2/c1-3-6-13(24)11-20-18(25)17-12(2)23(22-21-17)16-9-4-8-15-14(16)7-5-10-19-15/h4-5,7-10,13,24H,3,6,11H2,1-2H3,(H,20,25). The monoisotopic (exact) mass is 339 g/mol. The van der Waals surface area contributed by atoms with Gasteiger partial charge in [-0.3, -0.25) is 9.78 Å². The number of amides is 1. The average Bonchev–Trinajstić information content (AvgIpc) is 3.01. The van der Waals surface area contributed by atoms with E-state index in [4.69, 9.17) is 0 Å². The minimum Gasteiger partial charge on any atom is -0.391 e.